The van der Waals surface area contributed by atoms with E-state index in [2.05, 4.69) is 0 Å². The SMILES string of the molecule is NNC(=O)c1cc(O)ccc1C=O. The summed E-state index contributed by atoms with van der Waals surface area (Å²) in [4.78, 5) is 21.5. The van der Waals surface area contributed by atoms with Crippen LogP contribution in [0.2, 0.25) is 0 Å². The second-order valence-electron chi connectivity index (χ2n) is 2.36. The van der Waals surface area contributed by atoms with Crippen LogP contribution in [0.3, 0.4) is 0 Å². The standard InChI is InChI=1S/C8H8N2O3/c9-10-8(13)7-3-6(12)2-1-5(7)4-11/h1-4,12H,9H2,(H,10,13). The highest BCUT2D eigenvalue weighted by atomic mass is 16.3. The lowest BCUT2D eigenvalue weighted by Gasteiger charge is -2.02. The van der Waals surface area contributed by atoms with Crippen LogP contribution < -0.4 is 11.3 Å². The summed E-state index contributed by atoms with van der Waals surface area (Å²) in [6, 6.07) is 3.83. The Kier molecular flexibility index (Phi) is 2.61. The van der Waals surface area contributed by atoms with Gasteiger partial charge in [0.05, 0.1) is 5.56 Å². The van der Waals surface area contributed by atoms with E-state index >= 15 is 0 Å². The maximum Gasteiger partial charge on any atom is 0.266 e. The van der Waals surface area contributed by atoms with Crippen molar-refractivity contribution in [3.05, 3.63) is 29.3 Å². The maximum absolute atomic E-state index is 11.0. The summed E-state index contributed by atoms with van der Waals surface area (Å²) in [7, 11) is 0. The number of carbonyl (C=O) groups excluding carboxylic acids is 2. The van der Waals surface area contributed by atoms with Gasteiger partial charge >= 0.3 is 0 Å². The average Bonchev–Trinajstić information content (AvgIpc) is 2.16. The van der Waals surface area contributed by atoms with Crippen molar-refractivity contribution in [1.29, 1.82) is 0 Å². The van der Waals surface area contributed by atoms with Crippen molar-refractivity contribution < 1.29 is 14.7 Å². The first-order valence-electron chi connectivity index (χ1n) is 3.48. The second-order valence-corrected chi connectivity index (χ2v) is 2.36. The van der Waals surface area contributed by atoms with Crippen LogP contribution in [0.5, 0.6) is 5.75 Å². The number of benzene rings is 1. The third-order valence-corrected chi connectivity index (χ3v) is 1.54. The molecule has 0 unspecified atom stereocenters. The fourth-order valence-corrected chi connectivity index (χ4v) is 0.921. The zero-order chi connectivity index (χ0) is 9.84. The molecule has 0 bridgehead atoms. The number of aldehydes is 1. The van der Waals surface area contributed by atoms with Crippen LogP contribution in [0.25, 0.3) is 0 Å². The molecule has 0 atom stereocenters. The number of nitrogens with one attached hydrogen (secondary N) is 1. The highest BCUT2D eigenvalue weighted by Gasteiger charge is 2.09. The van der Waals surface area contributed by atoms with Crippen LogP contribution in [0.15, 0.2) is 18.2 Å². The minimum absolute atomic E-state index is 0.0532. The van der Waals surface area contributed by atoms with Gasteiger partial charge in [-0.1, -0.05) is 0 Å². The van der Waals surface area contributed by atoms with Gasteiger partial charge in [-0.3, -0.25) is 15.0 Å². The fourth-order valence-electron chi connectivity index (χ4n) is 0.921. The van der Waals surface area contributed by atoms with Gasteiger partial charge in [0.1, 0.15) is 5.75 Å². The highest BCUT2D eigenvalue weighted by molar-refractivity contribution is 6.01. The molecule has 0 aliphatic rings. The van der Waals surface area contributed by atoms with E-state index < -0.39 is 5.91 Å². The second kappa shape index (κ2) is 3.68. The van der Waals surface area contributed by atoms with Crippen molar-refractivity contribution in [2.75, 3.05) is 0 Å². The third kappa shape index (κ3) is 1.83. The topological polar surface area (TPSA) is 92.4 Å². The number of nitrogen functional groups attached to an aromatic ring is 1. The fraction of sp³-hybridized carbons (Fsp3) is 0. The molecule has 1 aromatic rings. The third-order valence-electron chi connectivity index (χ3n) is 1.54. The summed E-state index contributed by atoms with van der Waals surface area (Å²) in [6.45, 7) is 0. The number of hydrazine groups is 1. The molecule has 0 fully saturated rings. The maximum atomic E-state index is 11.0. The summed E-state index contributed by atoms with van der Waals surface area (Å²) in [5, 5.41) is 9.04. The first kappa shape index (κ1) is 9.21. The zero-order valence-electron chi connectivity index (χ0n) is 6.65. The summed E-state index contributed by atoms with van der Waals surface area (Å²) >= 11 is 0. The lowest BCUT2D eigenvalue weighted by atomic mass is 10.1. The molecule has 13 heavy (non-hydrogen) atoms. The Hall–Kier alpha value is -1.88. The van der Waals surface area contributed by atoms with Crippen molar-refractivity contribution in [3.8, 4) is 5.75 Å². The van der Waals surface area contributed by atoms with Crippen molar-refractivity contribution in [3.63, 3.8) is 0 Å². The van der Waals surface area contributed by atoms with Crippen molar-refractivity contribution in [2.45, 2.75) is 0 Å². The van der Waals surface area contributed by atoms with E-state index in [-0.39, 0.29) is 16.9 Å². The molecular weight excluding hydrogens is 172 g/mol. The number of amides is 1. The summed E-state index contributed by atoms with van der Waals surface area (Å²) in [6.07, 6.45) is 0.518. The predicted molar refractivity (Wildman–Crippen MR) is 45.1 cm³/mol. The van der Waals surface area contributed by atoms with Crippen LogP contribution in [0.4, 0.5) is 0 Å². The minimum Gasteiger partial charge on any atom is -0.508 e. The zero-order valence-corrected chi connectivity index (χ0v) is 6.65. The number of nitrogens with two attached hydrogens (primary N) is 1. The number of aromatic hydroxyl groups is 1. The van der Waals surface area contributed by atoms with E-state index in [1.165, 1.54) is 18.2 Å². The van der Waals surface area contributed by atoms with E-state index in [1.807, 2.05) is 5.43 Å². The monoisotopic (exact) mass is 180 g/mol. The number of carbonyl (C=O) groups is 2. The van der Waals surface area contributed by atoms with Crippen LogP contribution >= 0.6 is 0 Å². The van der Waals surface area contributed by atoms with Gasteiger partial charge in [0.15, 0.2) is 6.29 Å². The molecule has 1 rings (SSSR count). The molecule has 1 aromatic carbocycles. The number of hydrogen-bond donors (Lipinski definition) is 3. The molecule has 5 heteroatoms. The minimum atomic E-state index is -0.613. The molecule has 0 aliphatic carbocycles. The first-order valence-corrected chi connectivity index (χ1v) is 3.48. The van der Waals surface area contributed by atoms with E-state index in [0.717, 1.165) is 0 Å². The van der Waals surface area contributed by atoms with Crippen LogP contribution in [0, 0.1) is 0 Å². The summed E-state index contributed by atoms with van der Waals surface area (Å²) < 4.78 is 0. The Balaban J connectivity index is 3.23. The molecule has 0 saturated heterocycles. The van der Waals surface area contributed by atoms with Crippen molar-refractivity contribution in [2.24, 2.45) is 5.84 Å². The predicted octanol–water partition coefficient (Wildman–Crippen LogP) is -0.192. The molecule has 5 nitrogen and oxygen atoms in total. The Morgan fingerprint density at radius 1 is 1.54 bits per heavy atom. The Labute approximate surface area is 74.1 Å². The lowest BCUT2D eigenvalue weighted by Crippen LogP contribution is -2.30. The lowest BCUT2D eigenvalue weighted by molar-refractivity contribution is 0.0947. The molecule has 0 heterocycles. The Morgan fingerprint density at radius 3 is 2.77 bits per heavy atom. The van der Waals surface area contributed by atoms with Gasteiger partial charge in [-0.05, 0) is 18.2 Å². The van der Waals surface area contributed by atoms with Crippen LogP contribution in [-0.4, -0.2) is 17.3 Å². The normalized spacial score (nSPS) is 9.31. The van der Waals surface area contributed by atoms with Crippen LogP contribution in [-0.2, 0) is 0 Å². The van der Waals surface area contributed by atoms with Gasteiger partial charge in [-0.15, -0.1) is 0 Å². The molecule has 0 aromatic heterocycles. The van der Waals surface area contributed by atoms with E-state index in [0.29, 0.717) is 6.29 Å². The van der Waals surface area contributed by atoms with Crippen molar-refractivity contribution >= 4 is 12.2 Å². The van der Waals surface area contributed by atoms with Gasteiger partial charge in [-0.25, -0.2) is 5.84 Å². The van der Waals surface area contributed by atoms with Crippen molar-refractivity contribution in [1.82, 2.24) is 5.43 Å². The van der Waals surface area contributed by atoms with Crippen LogP contribution in [0.1, 0.15) is 20.7 Å². The van der Waals surface area contributed by atoms with Gasteiger partial charge < -0.3 is 5.11 Å². The molecule has 68 valence electrons. The molecule has 0 spiro atoms. The average molecular weight is 180 g/mol. The number of hydrogen-bond acceptors (Lipinski definition) is 4. The molecule has 0 aliphatic heterocycles. The number of rotatable bonds is 2. The largest absolute Gasteiger partial charge is 0.508 e. The summed E-state index contributed by atoms with van der Waals surface area (Å²) in [5.41, 5.74) is 2.11. The molecule has 0 saturated carbocycles. The van der Waals surface area contributed by atoms with E-state index in [9.17, 15) is 9.59 Å². The molecule has 4 N–H and O–H groups in total. The van der Waals surface area contributed by atoms with E-state index in [1.54, 1.807) is 0 Å². The van der Waals surface area contributed by atoms with Gasteiger partial charge in [0.2, 0.25) is 0 Å². The first-order chi connectivity index (χ1) is 6.19. The van der Waals surface area contributed by atoms with Gasteiger partial charge in [0.25, 0.3) is 5.91 Å². The smallest absolute Gasteiger partial charge is 0.266 e. The van der Waals surface area contributed by atoms with E-state index in [4.69, 9.17) is 10.9 Å². The van der Waals surface area contributed by atoms with Gasteiger partial charge in [0, 0.05) is 5.56 Å². The molecule has 0 radical (unpaired) electrons. The molecule has 1 amide bonds. The Bertz CT molecular complexity index is 349. The Morgan fingerprint density at radius 2 is 2.23 bits per heavy atom. The molecular formula is C8H8N2O3. The number of phenols is 1. The quantitative estimate of drug-likeness (QED) is 0.254. The highest BCUT2D eigenvalue weighted by Crippen LogP contribution is 2.14. The summed E-state index contributed by atoms with van der Waals surface area (Å²) in [5.74, 6) is 4.17. The van der Waals surface area contributed by atoms with Gasteiger partial charge in [-0.2, -0.15) is 0 Å². The number of phenolic OH excluding ortho intramolecular Hbond substituents is 1.